The molecule has 6 heteroatoms. The maximum Gasteiger partial charge on any atom is 0.193 e. The smallest absolute Gasteiger partial charge is 0.193 e. The molecular weight excluding hydrogens is 451 g/mol. The minimum atomic E-state index is 0. The molecular formula is C21H35IN4O. The number of morpholine rings is 1. The van der Waals surface area contributed by atoms with Crippen molar-refractivity contribution in [3.8, 4) is 0 Å². The summed E-state index contributed by atoms with van der Waals surface area (Å²) in [6.07, 6.45) is 3.03. The number of likely N-dealkylation sites (tertiary alicyclic amines) is 1. The molecule has 3 atom stereocenters. The van der Waals surface area contributed by atoms with Crippen molar-refractivity contribution in [1.82, 2.24) is 15.1 Å². The van der Waals surface area contributed by atoms with Gasteiger partial charge < -0.3 is 15.0 Å². The van der Waals surface area contributed by atoms with Gasteiger partial charge in [-0.05, 0) is 32.3 Å². The first kappa shape index (κ1) is 22.4. The van der Waals surface area contributed by atoms with Crippen molar-refractivity contribution in [2.45, 2.75) is 44.8 Å². The van der Waals surface area contributed by atoms with Crippen LogP contribution < -0.4 is 5.32 Å². The van der Waals surface area contributed by atoms with Crippen LogP contribution in [0.2, 0.25) is 0 Å². The maximum absolute atomic E-state index is 5.81. The molecule has 0 radical (unpaired) electrons. The molecule has 1 aromatic carbocycles. The summed E-state index contributed by atoms with van der Waals surface area (Å²) in [5.41, 5.74) is 1.45. The molecule has 2 aliphatic rings. The van der Waals surface area contributed by atoms with Crippen LogP contribution >= 0.6 is 24.0 Å². The standard InChI is InChI=1S/C21H34N4O.HI/c1-17-14-24(15-18(2)26-17)12-7-11-23-21(22-3)25-13-10-20(16-25)19-8-5-4-6-9-19;/h4-6,8-9,17-18,20H,7,10-16H2,1-3H3,(H,22,23);1H. The molecule has 2 fully saturated rings. The van der Waals surface area contributed by atoms with Crippen LogP contribution in [0.1, 0.15) is 38.2 Å². The SMILES string of the molecule is CN=C(NCCCN1CC(C)OC(C)C1)N1CCC(c2ccccc2)C1.I. The molecule has 0 amide bonds. The number of aliphatic imine (C=N–C) groups is 1. The van der Waals surface area contributed by atoms with Crippen molar-refractivity contribution in [2.24, 2.45) is 4.99 Å². The minimum Gasteiger partial charge on any atom is -0.373 e. The molecule has 2 heterocycles. The monoisotopic (exact) mass is 486 g/mol. The lowest BCUT2D eigenvalue weighted by molar-refractivity contribution is -0.0679. The van der Waals surface area contributed by atoms with Gasteiger partial charge in [-0.15, -0.1) is 24.0 Å². The number of hydrogen-bond acceptors (Lipinski definition) is 3. The second kappa shape index (κ2) is 11.2. The highest BCUT2D eigenvalue weighted by molar-refractivity contribution is 14.0. The summed E-state index contributed by atoms with van der Waals surface area (Å²) in [5.74, 6) is 1.67. The van der Waals surface area contributed by atoms with Gasteiger partial charge in [-0.3, -0.25) is 9.89 Å². The highest BCUT2D eigenvalue weighted by atomic mass is 127. The van der Waals surface area contributed by atoms with E-state index in [2.05, 4.69) is 64.3 Å². The molecule has 2 aliphatic heterocycles. The molecule has 0 saturated carbocycles. The van der Waals surface area contributed by atoms with Crippen LogP contribution in [-0.2, 0) is 4.74 Å². The molecule has 1 N–H and O–H groups in total. The van der Waals surface area contributed by atoms with Crippen molar-refractivity contribution in [3.63, 3.8) is 0 Å². The highest BCUT2D eigenvalue weighted by Crippen LogP contribution is 2.26. The molecule has 3 rings (SSSR count). The van der Waals surface area contributed by atoms with Crippen LogP contribution in [0.25, 0.3) is 0 Å². The number of rotatable bonds is 5. The Morgan fingerprint density at radius 1 is 1.15 bits per heavy atom. The van der Waals surface area contributed by atoms with Gasteiger partial charge in [0.2, 0.25) is 0 Å². The third-order valence-electron chi connectivity index (χ3n) is 5.40. The van der Waals surface area contributed by atoms with Gasteiger partial charge in [0.25, 0.3) is 0 Å². The zero-order chi connectivity index (χ0) is 18.4. The highest BCUT2D eigenvalue weighted by Gasteiger charge is 2.26. The lowest BCUT2D eigenvalue weighted by Gasteiger charge is -2.35. The fourth-order valence-corrected chi connectivity index (χ4v) is 4.25. The van der Waals surface area contributed by atoms with Crippen LogP contribution in [0.5, 0.6) is 0 Å². The van der Waals surface area contributed by atoms with Crippen molar-refractivity contribution in [3.05, 3.63) is 35.9 Å². The van der Waals surface area contributed by atoms with E-state index in [0.717, 1.165) is 51.6 Å². The van der Waals surface area contributed by atoms with Gasteiger partial charge in [-0.1, -0.05) is 30.3 Å². The Morgan fingerprint density at radius 2 is 1.85 bits per heavy atom. The number of nitrogens with one attached hydrogen (secondary N) is 1. The number of halogens is 1. The van der Waals surface area contributed by atoms with E-state index in [9.17, 15) is 0 Å². The molecule has 0 aromatic heterocycles. The van der Waals surface area contributed by atoms with E-state index in [-0.39, 0.29) is 24.0 Å². The predicted octanol–water partition coefficient (Wildman–Crippen LogP) is 3.17. The molecule has 0 aliphatic carbocycles. The van der Waals surface area contributed by atoms with Gasteiger partial charge >= 0.3 is 0 Å². The Balaban J connectivity index is 0.00000261. The quantitative estimate of drug-likeness (QED) is 0.301. The van der Waals surface area contributed by atoms with Crippen molar-refractivity contribution < 1.29 is 4.74 Å². The van der Waals surface area contributed by atoms with E-state index in [0.29, 0.717) is 18.1 Å². The van der Waals surface area contributed by atoms with Crippen molar-refractivity contribution in [1.29, 1.82) is 0 Å². The number of nitrogens with zero attached hydrogens (tertiary/aromatic N) is 3. The number of benzene rings is 1. The molecule has 1 aromatic rings. The first-order chi connectivity index (χ1) is 12.7. The fraction of sp³-hybridized carbons (Fsp3) is 0.667. The Morgan fingerprint density at radius 3 is 2.52 bits per heavy atom. The Kier molecular flexibility index (Phi) is 9.32. The van der Waals surface area contributed by atoms with E-state index < -0.39 is 0 Å². The van der Waals surface area contributed by atoms with E-state index in [1.165, 1.54) is 12.0 Å². The van der Waals surface area contributed by atoms with Gasteiger partial charge in [0.05, 0.1) is 12.2 Å². The van der Waals surface area contributed by atoms with Crippen molar-refractivity contribution in [2.75, 3.05) is 46.3 Å². The van der Waals surface area contributed by atoms with E-state index in [1.807, 2.05) is 7.05 Å². The fourth-order valence-electron chi connectivity index (χ4n) is 4.25. The van der Waals surface area contributed by atoms with Crippen LogP contribution in [-0.4, -0.2) is 74.3 Å². The Labute approximate surface area is 181 Å². The first-order valence-corrected chi connectivity index (χ1v) is 10.0. The van der Waals surface area contributed by atoms with Crippen LogP contribution in [0.4, 0.5) is 0 Å². The second-order valence-electron chi connectivity index (χ2n) is 7.69. The van der Waals surface area contributed by atoms with Crippen LogP contribution in [0.3, 0.4) is 0 Å². The topological polar surface area (TPSA) is 40.1 Å². The molecule has 0 spiro atoms. The molecule has 152 valence electrons. The molecule has 0 bridgehead atoms. The number of hydrogen-bond donors (Lipinski definition) is 1. The van der Waals surface area contributed by atoms with E-state index >= 15 is 0 Å². The van der Waals surface area contributed by atoms with Gasteiger partial charge in [-0.2, -0.15) is 0 Å². The Hall–Kier alpha value is -0.860. The number of ether oxygens (including phenoxy) is 1. The second-order valence-corrected chi connectivity index (χ2v) is 7.69. The van der Waals surface area contributed by atoms with Gasteiger partial charge in [0, 0.05) is 52.2 Å². The van der Waals surface area contributed by atoms with Gasteiger partial charge in [0.15, 0.2) is 5.96 Å². The van der Waals surface area contributed by atoms with Crippen LogP contribution in [0.15, 0.2) is 35.3 Å². The van der Waals surface area contributed by atoms with Gasteiger partial charge in [-0.25, -0.2) is 0 Å². The van der Waals surface area contributed by atoms with Crippen LogP contribution in [0, 0.1) is 0 Å². The average Bonchev–Trinajstić information content (AvgIpc) is 3.12. The number of guanidine groups is 1. The Bertz CT molecular complexity index is 573. The van der Waals surface area contributed by atoms with Gasteiger partial charge in [0.1, 0.15) is 0 Å². The summed E-state index contributed by atoms with van der Waals surface area (Å²) < 4.78 is 5.81. The minimum absolute atomic E-state index is 0. The summed E-state index contributed by atoms with van der Waals surface area (Å²) in [5, 5.41) is 3.56. The van der Waals surface area contributed by atoms with Crippen molar-refractivity contribution >= 4 is 29.9 Å². The predicted molar refractivity (Wildman–Crippen MR) is 123 cm³/mol. The summed E-state index contributed by atoms with van der Waals surface area (Å²) in [6, 6.07) is 10.9. The molecule has 5 nitrogen and oxygen atoms in total. The lowest BCUT2D eigenvalue weighted by atomic mass is 9.99. The summed E-state index contributed by atoms with van der Waals surface area (Å²) in [7, 11) is 1.89. The zero-order valence-corrected chi connectivity index (χ0v) is 19.3. The average molecular weight is 486 g/mol. The van der Waals surface area contributed by atoms with E-state index in [4.69, 9.17) is 4.74 Å². The molecule has 3 unspecified atom stereocenters. The zero-order valence-electron chi connectivity index (χ0n) is 16.9. The third-order valence-corrected chi connectivity index (χ3v) is 5.40. The summed E-state index contributed by atoms with van der Waals surface area (Å²) in [4.78, 5) is 9.42. The normalized spacial score (nSPS) is 26.7. The third kappa shape index (κ3) is 6.61. The summed E-state index contributed by atoms with van der Waals surface area (Å²) >= 11 is 0. The maximum atomic E-state index is 5.81. The first-order valence-electron chi connectivity index (χ1n) is 10.0. The largest absolute Gasteiger partial charge is 0.373 e. The molecule has 2 saturated heterocycles. The molecule has 27 heavy (non-hydrogen) atoms. The summed E-state index contributed by atoms with van der Waals surface area (Å²) in [6.45, 7) is 10.7. The lowest BCUT2D eigenvalue weighted by Crippen LogP contribution is -2.46. The van der Waals surface area contributed by atoms with E-state index in [1.54, 1.807) is 0 Å².